The smallest absolute Gasteiger partial charge is 0.246 e. The summed E-state index contributed by atoms with van der Waals surface area (Å²) >= 11 is 1.53. The van der Waals surface area contributed by atoms with E-state index in [1.807, 2.05) is 5.38 Å². The molecule has 2 heterocycles. The lowest BCUT2D eigenvalue weighted by atomic mass is 10.1. The van der Waals surface area contributed by atoms with Gasteiger partial charge in [-0.25, -0.2) is 4.98 Å². The summed E-state index contributed by atoms with van der Waals surface area (Å²) in [5, 5.41) is 7.97. The van der Waals surface area contributed by atoms with E-state index >= 15 is 0 Å². The molecule has 2 N–H and O–H groups in total. The van der Waals surface area contributed by atoms with Gasteiger partial charge in [-0.05, 0) is 25.9 Å². The molecule has 0 bridgehead atoms. The molecule has 0 aromatic carbocycles. The summed E-state index contributed by atoms with van der Waals surface area (Å²) in [6.07, 6.45) is 2.19. The van der Waals surface area contributed by atoms with Crippen LogP contribution in [-0.4, -0.2) is 36.7 Å². The van der Waals surface area contributed by atoms with Crippen molar-refractivity contribution in [1.82, 2.24) is 15.6 Å². The maximum Gasteiger partial charge on any atom is 0.246 e. The van der Waals surface area contributed by atoms with Gasteiger partial charge < -0.3 is 15.4 Å². The molecule has 2 rings (SSSR count). The lowest BCUT2D eigenvalue weighted by Crippen LogP contribution is -2.35. The Morgan fingerprint density at radius 1 is 1.59 bits per heavy atom. The van der Waals surface area contributed by atoms with E-state index < -0.39 is 0 Å². The number of aromatic nitrogens is 1. The van der Waals surface area contributed by atoms with Crippen molar-refractivity contribution in [2.75, 3.05) is 19.7 Å². The molecule has 0 aliphatic carbocycles. The van der Waals surface area contributed by atoms with Gasteiger partial charge in [-0.3, -0.25) is 4.79 Å². The highest BCUT2D eigenvalue weighted by Gasteiger charge is 2.14. The fourth-order valence-electron chi connectivity index (χ4n) is 1.72. The van der Waals surface area contributed by atoms with Crippen molar-refractivity contribution < 1.29 is 9.53 Å². The number of ether oxygens (including phenoxy) is 1. The van der Waals surface area contributed by atoms with E-state index in [0.29, 0.717) is 6.54 Å². The van der Waals surface area contributed by atoms with E-state index in [4.69, 9.17) is 4.74 Å². The van der Waals surface area contributed by atoms with Gasteiger partial charge in [-0.2, -0.15) is 0 Å². The molecule has 94 valence electrons. The Morgan fingerprint density at radius 2 is 2.41 bits per heavy atom. The fourth-order valence-corrected chi connectivity index (χ4v) is 2.28. The van der Waals surface area contributed by atoms with Gasteiger partial charge in [0.2, 0.25) is 5.91 Å². The molecule has 0 atom stereocenters. The van der Waals surface area contributed by atoms with Crippen LogP contribution in [0.4, 0.5) is 0 Å². The molecule has 1 aliphatic rings. The molecule has 1 aromatic rings. The minimum absolute atomic E-state index is 0.0727. The Balaban J connectivity index is 1.60. The Labute approximate surface area is 105 Å². The van der Waals surface area contributed by atoms with Crippen LogP contribution in [-0.2, 0) is 16.1 Å². The molecule has 1 amide bonds. The second kappa shape index (κ2) is 6.68. The minimum atomic E-state index is -0.0727. The molecule has 0 radical (unpaired) electrons. The van der Waals surface area contributed by atoms with Gasteiger partial charge >= 0.3 is 0 Å². The summed E-state index contributed by atoms with van der Waals surface area (Å²) in [4.78, 5) is 15.6. The molecule has 5 nitrogen and oxygen atoms in total. The maximum absolute atomic E-state index is 11.5. The molecule has 0 spiro atoms. The number of amides is 1. The van der Waals surface area contributed by atoms with Crippen LogP contribution in [0.1, 0.15) is 18.5 Å². The molecule has 1 fully saturated rings. The SMILES string of the molecule is O=C(COC1CCNCC1)NCc1cscn1. The highest BCUT2D eigenvalue weighted by Crippen LogP contribution is 2.06. The average Bonchev–Trinajstić information content (AvgIpc) is 2.88. The van der Waals surface area contributed by atoms with Crippen molar-refractivity contribution in [3.63, 3.8) is 0 Å². The normalized spacial score (nSPS) is 16.9. The van der Waals surface area contributed by atoms with Crippen molar-refractivity contribution in [3.05, 3.63) is 16.6 Å². The number of piperidine rings is 1. The summed E-state index contributed by atoms with van der Waals surface area (Å²) < 4.78 is 5.54. The first-order chi connectivity index (χ1) is 8.34. The van der Waals surface area contributed by atoms with Crippen LogP contribution < -0.4 is 10.6 Å². The Hall–Kier alpha value is -0.980. The first-order valence-electron chi connectivity index (χ1n) is 5.80. The van der Waals surface area contributed by atoms with Crippen LogP contribution >= 0.6 is 11.3 Å². The van der Waals surface area contributed by atoms with Crippen LogP contribution in [0.3, 0.4) is 0 Å². The number of hydrogen-bond acceptors (Lipinski definition) is 5. The van der Waals surface area contributed by atoms with Crippen LogP contribution in [0, 0.1) is 0 Å². The molecule has 1 aliphatic heterocycles. The minimum Gasteiger partial charge on any atom is -0.368 e. The van der Waals surface area contributed by atoms with E-state index in [9.17, 15) is 4.79 Å². The topological polar surface area (TPSA) is 63.2 Å². The van der Waals surface area contributed by atoms with Crippen molar-refractivity contribution in [3.8, 4) is 0 Å². The first kappa shape index (κ1) is 12.5. The highest BCUT2D eigenvalue weighted by atomic mass is 32.1. The highest BCUT2D eigenvalue weighted by molar-refractivity contribution is 7.07. The van der Waals surface area contributed by atoms with Crippen LogP contribution in [0.15, 0.2) is 10.9 Å². The number of hydrogen-bond donors (Lipinski definition) is 2. The second-order valence-electron chi connectivity index (χ2n) is 4.02. The van der Waals surface area contributed by atoms with Gasteiger partial charge in [0.15, 0.2) is 0 Å². The van der Waals surface area contributed by atoms with Crippen LogP contribution in [0.25, 0.3) is 0 Å². The van der Waals surface area contributed by atoms with Gasteiger partial charge in [0.25, 0.3) is 0 Å². The largest absolute Gasteiger partial charge is 0.368 e. The molecular formula is C11H17N3O2S. The predicted octanol–water partition coefficient (Wildman–Crippen LogP) is 0.528. The fraction of sp³-hybridized carbons (Fsp3) is 0.636. The molecule has 6 heteroatoms. The van der Waals surface area contributed by atoms with E-state index in [0.717, 1.165) is 31.6 Å². The first-order valence-corrected chi connectivity index (χ1v) is 6.75. The number of rotatable bonds is 5. The summed E-state index contributed by atoms with van der Waals surface area (Å²) in [6, 6.07) is 0. The predicted molar refractivity (Wildman–Crippen MR) is 65.8 cm³/mol. The van der Waals surface area contributed by atoms with Crippen molar-refractivity contribution in [1.29, 1.82) is 0 Å². The molecule has 1 saturated heterocycles. The van der Waals surface area contributed by atoms with E-state index in [1.165, 1.54) is 11.3 Å². The third kappa shape index (κ3) is 4.41. The summed E-state index contributed by atoms with van der Waals surface area (Å²) in [6.45, 7) is 2.59. The maximum atomic E-state index is 11.5. The van der Waals surface area contributed by atoms with E-state index in [-0.39, 0.29) is 18.6 Å². The third-order valence-corrected chi connectivity index (χ3v) is 3.32. The van der Waals surface area contributed by atoms with Gasteiger partial charge in [-0.1, -0.05) is 0 Å². The third-order valence-electron chi connectivity index (χ3n) is 2.69. The van der Waals surface area contributed by atoms with Crippen molar-refractivity contribution in [2.45, 2.75) is 25.5 Å². The number of carbonyl (C=O) groups excluding carboxylic acids is 1. The number of nitrogens with one attached hydrogen (secondary N) is 2. The standard InChI is InChI=1S/C11H17N3O2S/c15-11(13-5-9-7-17-8-14-9)6-16-10-1-3-12-4-2-10/h7-8,10,12H,1-6H2,(H,13,15). The number of nitrogens with zero attached hydrogens (tertiary/aromatic N) is 1. The molecular weight excluding hydrogens is 238 g/mol. The van der Waals surface area contributed by atoms with Crippen molar-refractivity contribution >= 4 is 17.2 Å². The monoisotopic (exact) mass is 255 g/mol. The van der Waals surface area contributed by atoms with E-state index in [2.05, 4.69) is 15.6 Å². The zero-order chi connectivity index (χ0) is 11.9. The quantitative estimate of drug-likeness (QED) is 0.805. The molecule has 0 saturated carbocycles. The lowest BCUT2D eigenvalue weighted by molar-refractivity contribution is -0.128. The zero-order valence-corrected chi connectivity index (χ0v) is 10.5. The number of carbonyl (C=O) groups is 1. The Kier molecular flexibility index (Phi) is 4.90. The van der Waals surface area contributed by atoms with Gasteiger partial charge in [0.05, 0.1) is 23.9 Å². The summed E-state index contributed by atoms with van der Waals surface area (Å²) in [5.74, 6) is -0.0727. The molecule has 17 heavy (non-hydrogen) atoms. The Bertz CT molecular complexity index is 336. The van der Waals surface area contributed by atoms with Gasteiger partial charge in [0.1, 0.15) is 6.61 Å². The molecule has 0 unspecified atom stereocenters. The van der Waals surface area contributed by atoms with Crippen LogP contribution in [0.2, 0.25) is 0 Å². The van der Waals surface area contributed by atoms with E-state index in [1.54, 1.807) is 5.51 Å². The van der Waals surface area contributed by atoms with Crippen molar-refractivity contribution in [2.24, 2.45) is 0 Å². The number of thiazole rings is 1. The Morgan fingerprint density at radius 3 is 3.12 bits per heavy atom. The zero-order valence-electron chi connectivity index (χ0n) is 9.65. The summed E-state index contributed by atoms with van der Waals surface area (Å²) in [5.41, 5.74) is 2.65. The summed E-state index contributed by atoms with van der Waals surface area (Å²) in [7, 11) is 0. The lowest BCUT2D eigenvalue weighted by Gasteiger charge is -2.22. The molecule has 1 aromatic heterocycles. The van der Waals surface area contributed by atoms with Gasteiger partial charge in [0, 0.05) is 5.38 Å². The average molecular weight is 255 g/mol. The second-order valence-corrected chi connectivity index (χ2v) is 4.74. The van der Waals surface area contributed by atoms with Gasteiger partial charge in [-0.15, -0.1) is 11.3 Å². The van der Waals surface area contributed by atoms with Crippen LogP contribution in [0.5, 0.6) is 0 Å².